The van der Waals surface area contributed by atoms with Crippen molar-refractivity contribution in [2.75, 3.05) is 20.3 Å². The van der Waals surface area contributed by atoms with E-state index in [-0.39, 0.29) is 6.04 Å². The van der Waals surface area contributed by atoms with Gasteiger partial charge in [0.15, 0.2) is 0 Å². The maximum absolute atomic E-state index is 6.28. The summed E-state index contributed by atoms with van der Waals surface area (Å²) in [5, 5.41) is 0.650. The third-order valence-corrected chi connectivity index (χ3v) is 4.45. The Bertz CT molecular complexity index is 446. The molecule has 1 aliphatic rings. The molecule has 0 unspecified atom stereocenters. The maximum atomic E-state index is 6.28. The second kappa shape index (κ2) is 6.79. The second-order valence-electron chi connectivity index (χ2n) is 5.92. The van der Waals surface area contributed by atoms with E-state index >= 15 is 0 Å². The number of rotatable bonds is 8. The molecule has 0 saturated heterocycles. The van der Waals surface area contributed by atoms with Crippen LogP contribution in [0, 0.1) is 5.41 Å². The van der Waals surface area contributed by atoms with E-state index in [9.17, 15) is 0 Å². The Morgan fingerprint density at radius 1 is 1.35 bits per heavy atom. The smallest absolute Gasteiger partial charge is 0.138 e. The van der Waals surface area contributed by atoms with Crippen molar-refractivity contribution in [1.82, 2.24) is 0 Å². The van der Waals surface area contributed by atoms with Gasteiger partial charge in [0.2, 0.25) is 0 Å². The molecular formula is C16H24ClNO2. The minimum absolute atomic E-state index is 0.213. The lowest BCUT2D eigenvalue weighted by molar-refractivity contribution is 0.172. The van der Waals surface area contributed by atoms with Gasteiger partial charge in [0.25, 0.3) is 0 Å². The van der Waals surface area contributed by atoms with Crippen molar-refractivity contribution in [2.24, 2.45) is 11.1 Å². The van der Waals surface area contributed by atoms with Crippen molar-refractivity contribution < 1.29 is 9.47 Å². The van der Waals surface area contributed by atoms with Crippen molar-refractivity contribution in [3.63, 3.8) is 0 Å². The van der Waals surface area contributed by atoms with Gasteiger partial charge in [-0.05, 0) is 42.4 Å². The molecule has 3 nitrogen and oxygen atoms in total. The van der Waals surface area contributed by atoms with Gasteiger partial charge in [-0.1, -0.05) is 24.6 Å². The minimum Gasteiger partial charge on any atom is -0.492 e. The highest BCUT2D eigenvalue weighted by molar-refractivity contribution is 6.32. The first-order valence-corrected chi connectivity index (χ1v) is 7.59. The fraction of sp³-hybridized carbons (Fsp3) is 0.625. The molecule has 112 valence electrons. The van der Waals surface area contributed by atoms with Crippen LogP contribution >= 0.6 is 11.6 Å². The Morgan fingerprint density at radius 3 is 2.75 bits per heavy atom. The van der Waals surface area contributed by atoms with Crippen LogP contribution in [-0.2, 0) is 11.2 Å². The van der Waals surface area contributed by atoms with Crippen LogP contribution in [0.4, 0.5) is 0 Å². The molecule has 1 aliphatic carbocycles. The second-order valence-corrected chi connectivity index (χ2v) is 6.33. The predicted octanol–water partition coefficient (Wildman–Crippen LogP) is 3.43. The van der Waals surface area contributed by atoms with E-state index in [1.165, 1.54) is 18.4 Å². The normalized spacial score (nSPS) is 17.8. The van der Waals surface area contributed by atoms with Crippen LogP contribution in [-0.4, -0.2) is 26.4 Å². The van der Waals surface area contributed by atoms with E-state index in [2.05, 4.69) is 6.92 Å². The number of ether oxygens (including phenoxy) is 2. The molecule has 1 atom stereocenters. The summed E-state index contributed by atoms with van der Waals surface area (Å²) in [4.78, 5) is 0. The first-order chi connectivity index (χ1) is 9.55. The van der Waals surface area contributed by atoms with Gasteiger partial charge in [-0.3, -0.25) is 0 Å². The summed E-state index contributed by atoms with van der Waals surface area (Å²) >= 11 is 6.16. The van der Waals surface area contributed by atoms with E-state index in [0.717, 1.165) is 18.6 Å². The number of nitrogens with two attached hydrogens (primary N) is 1. The van der Waals surface area contributed by atoms with Crippen molar-refractivity contribution >= 4 is 11.6 Å². The molecule has 0 bridgehead atoms. The number of hydrogen-bond acceptors (Lipinski definition) is 3. The van der Waals surface area contributed by atoms with Crippen LogP contribution in [0.2, 0.25) is 5.02 Å². The van der Waals surface area contributed by atoms with Gasteiger partial charge in [-0.15, -0.1) is 0 Å². The van der Waals surface area contributed by atoms with Gasteiger partial charge in [0.05, 0.1) is 11.6 Å². The molecular weight excluding hydrogens is 274 g/mol. The summed E-state index contributed by atoms with van der Waals surface area (Å²) in [5.41, 5.74) is 7.81. The fourth-order valence-electron chi connectivity index (χ4n) is 2.24. The summed E-state index contributed by atoms with van der Waals surface area (Å²) < 4.78 is 10.7. The topological polar surface area (TPSA) is 44.5 Å². The Hall–Kier alpha value is -0.770. The number of benzene rings is 1. The SMILES string of the molecule is COCCCOc1cc(C[C@H](N)C2(C)CC2)ccc1Cl. The lowest BCUT2D eigenvalue weighted by Crippen LogP contribution is -2.31. The summed E-state index contributed by atoms with van der Waals surface area (Å²) in [6.07, 6.45) is 4.21. The summed E-state index contributed by atoms with van der Waals surface area (Å²) in [5.74, 6) is 0.744. The largest absolute Gasteiger partial charge is 0.492 e. The highest BCUT2D eigenvalue weighted by Crippen LogP contribution is 2.48. The molecule has 0 aromatic heterocycles. The Morgan fingerprint density at radius 2 is 2.10 bits per heavy atom. The zero-order chi connectivity index (χ0) is 14.6. The zero-order valence-electron chi connectivity index (χ0n) is 12.3. The molecule has 4 heteroatoms. The number of halogens is 1. The standard InChI is InChI=1S/C16H24ClNO2/c1-16(6-7-16)15(18)11-12-4-5-13(17)14(10-12)20-9-3-8-19-2/h4-5,10,15H,3,6-9,11,18H2,1-2H3/t15-/m0/s1. The van der Waals surface area contributed by atoms with E-state index < -0.39 is 0 Å². The molecule has 0 radical (unpaired) electrons. The summed E-state index contributed by atoms with van der Waals surface area (Å²) in [6.45, 7) is 3.57. The molecule has 2 N–H and O–H groups in total. The van der Waals surface area contributed by atoms with Gasteiger partial charge in [0.1, 0.15) is 5.75 Å². The fourth-order valence-corrected chi connectivity index (χ4v) is 2.41. The first kappa shape index (κ1) is 15.6. The average molecular weight is 298 g/mol. The van der Waals surface area contributed by atoms with Crippen LogP contribution in [0.15, 0.2) is 18.2 Å². The molecule has 0 spiro atoms. The van der Waals surface area contributed by atoms with Crippen LogP contribution in [0.25, 0.3) is 0 Å². The molecule has 2 rings (SSSR count). The van der Waals surface area contributed by atoms with Gasteiger partial charge < -0.3 is 15.2 Å². The molecule has 1 aromatic carbocycles. The number of methoxy groups -OCH3 is 1. The Kier molecular flexibility index (Phi) is 5.30. The van der Waals surface area contributed by atoms with Crippen LogP contribution in [0.3, 0.4) is 0 Å². The van der Waals surface area contributed by atoms with Crippen LogP contribution in [0.1, 0.15) is 31.7 Å². The highest BCUT2D eigenvalue weighted by Gasteiger charge is 2.42. The van der Waals surface area contributed by atoms with Gasteiger partial charge >= 0.3 is 0 Å². The Labute approximate surface area is 126 Å². The van der Waals surface area contributed by atoms with Crippen molar-refractivity contribution in [1.29, 1.82) is 0 Å². The van der Waals surface area contributed by atoms with Crippen LogP contribution in [0.5, 0.6) is 5.75 Å². The van der Waals surface area contributed by atoms with E-state index in [4.69, 9.17) is 26.8 Å². The average Bonchev–Trinajstić information content (AvgIpc) is 3.17. The molecule has 1 fully saturated rings. The first-order valence-electron chi connectivity index (χ1n) is 7.21. The minimum atomic E-state index is 0.213. The summed E-state index contributed by atoms with van der Waals surface area (Å²) in [7, 11) is 1.69. The third-order valence-electron chi connectivity index (χ3n) is 4.14. The lowest BCUT2D eigenvalue weighted by Gasteiger charge is -2.19. The summed E-state index contributed by atoms with van der Waals surface area (Å²) in [6, 6.07) is 6.16. The van der Waals surface area contributed by atoms with Crippen molar-refractivity contribution in [2.45, 2.75) is 38.6 Å². The monoisotopic (exact) mass is 297 g/mol. The van der Waals surface area contributed by atoms with Gasteiger partial charge in [0, 0.05) is 26.2 Å². The Balaban J connectivity index is 1.93. The highest BCUT2D eigenvalue weighted by atomic mass is 35.5. The molecule has 1 saturated carbocycles. The molecule has 0 amide bonds. The quantitative estimate of drug-likeness (QED) is 0.748. The van der Waals surface area contributed by atoms with E-state index in [0.29, 0.717) is 23.7 Å². The van der Waals surface area contributed by atoms with Crippen LogP contribution < -0.4 is 10.5 Å². The molecule has 0 aliphatic heterocycles. The molecule has 1 aromatic rings. The number of hydrogen-bond donors (Lipinski definition) is 1. The maximum Gasteiger partial charge on any atom is 0.138 e. The zero-order valence-corrected chi connectivity index (χ0v) is 13.1. The molecule has 20 heavy (non-hydrogen) atoms. The van der Waals surface area contributed by atoms with Gasteiger partial charge in [-0.25, -0.2) is 0 Å². The van der Waals surface area contributed by atoms with Gasteiger partial charge in [-0.2, -0.15) is 0 Å². The van der Waals surface area contributed by atoms with E-state index in [1.807, 2.05) is 18.2 Å². The van der Waals surface area contributed by atoms with Crippen molar-refractivity contribution in [3.05, 3.63) is 28.8 Å². The lowest BCUT2D eigenvalue weighted by atomic mass is 9.93. The molecule has 0 heterocycles. The van der Waals surface area contributed by atoms with Crippen molar-refractivity contribution in [3.8, 4) is 5.75 Å². The predicted molar refractivity (Wildman–Crippen MR) is 82.5 cm³/mol. The van der Waals surface area contributed by atoms with E-state index in [1.54, 1.807) is 7.11 Å². The third kappa shape index (κ3) is 4.11.